The molecule has 32 heavy (non-hydrogen) atoms. The molecule has 4 rings (SSSR count). The lowest BCUT2D eigenvalue weighted by atomic mass is 9.77. The van der Waals surface area contributed by atoms with Crippen LogP contribution in [0.4, 0.5) is 4.79 Å². The van der Waals surface area contributed by atoms with E-state index >= 15 is 0 Å². The summed E-state index contributed by atoms with van der Waals surface area (Å²) in [6, 6.07) is 12.3. The Morgan fingerprint density at radius 1 is 1.12 bits per heavy atom. The van der Waals surface area contributed by atoms with Crippen LogP contribution in [0.5, 0.6) is 5.75 Å². The van der Waals surface area contributed by atoms with Gasteiger partial charge in [-0.3, -0.25) is 19.5 Å². The van der Waals surface area contributed by atoms with E-state index in [9.17, 15) is 14.4 Å². The molecule has 2 aromatic rings. The minimum atomic E-state index is -0.852. The van der Waals surface area contributed by atoms with Gasteiger partial charge in [-0.05, 0) is 61.4 Å². The molecule has 3 amide bonds. The van der Waals surface area contributed by atoms with Gasteiger partial charge >= 0.3 is 12.0 Å². The van der Waals surface area contributed by atoms with Crippen molar-refractivity contribution < 1.29 is 23.9 Å². The maximum atomic E-state index is 12.8. The third-order valence-electron chi connectivity index (χ3n) is 6.10. The normalized spacial score (nSPS) is 22.7. The summed E-state index contributed by atoms with van der Waals surface area (Å²) in [5, 5.41) is 2.81. The highest BCUT2D eigenvalue weighted by molar-refractivity contribution is 6.08. The van der Waals surface area contributed by atoms with Crippen LogP contribution >= 0.6 is 0 Å². The summed E-state index contributed by atoms with van der Waals surface area (Å²) < 4.78 is 11.0. The molecule has 0 radical (unpaired) electrons. The fraction of sp³-hybridized carbons (Fsp3) is 0.417. The number of pyridine rings is 1. The number of benzene rings is 1. The van der Waals surface area contributed by atoms with E-state index in [-0.39, 0.29) is 19.1 Å². The Kier molecular flexibility index (Phi) is 6.39. The quantitative estimate of drug-likeness (QED) is 0.528. The molecule has 1 aromatic heterocycles. The Labute approximate surface area is 186 Å². The van der Waals surface area contributed by atoms with Gasteiger partial charge in [0, 0.05) is 6.20 Å². The highest BCUT2D eigenvalue weighted by Gasteiger charge is 2.52. The van der Waals surface area contributed by atoms with Gasteiger partial charge < -0.3 is 14.8 Å². The van der Waals surface area contributed by atoms with Crippen molar-refractivity contribution in [2.45, 2.75) is 51.4 Å². The molecule has 8 nitrogen and oxygen atoms in total. The fourth-order valence-electron chi connectivity index (χ4n) is 4.07. The van der Waals surface area contributed by atoms with Crippen LogP contribution in [0.2, 0.25) is 0 Å². The number of carbonyl (C=O) groups is 3. The molecule has 2 heterocycles. The Morgan fingerprint density at radius 2 is 1.88 bits per heavy atom. The number of esters is 1. The number of urea groups is 1. The molecule has 1 aliphatic heterocycles. The number of nitrogens with one attached hydrogen (secondary N) is 1. The van der Waals surface area contributed by atoms with E-state index in [4.69, 9.17) is 9.47 Å². The smallest absolute Gasteiger partial charge is 0.326 e. The first-order valence-corrected chi connectivity index (χ1v) is 10.9. The molecule has 2 aliphatic rings. The second kappa shape index (κ2) is 9.38. The minimum Gasteiger partial charge on any atom is -0.487 e. The molecule has 1 aliphatic carbocycles. The Balaban J connectivity index is 1.25. The summed E-state index contributed by atoms with van der Waals surface area (Å²) in [7, 11) is 0. The second-order valence-corrected chi connectivity index (χ2v) is 8.50. The first-order valence-electron chi connectivity index (χ1n) is 10.9. The number of carbonyl (C=O) groups excluding carboxylic acids is 3. The van der Waals surface area contributed by atoms with Gasteiger partial charge in [-0.2, -0.15) is 0 Å². The number of nitrogens with zero attached hydrogens (tertiary/aromatic N) is 2. The Bertz CT molecular complexity index is 969. The first-order chi connectivity index (χ1) is 15.4. The van der Waals surface area contributed by atoms with Crippen LogP contribution in [-0.2, 0) is 27.5 Å². The van der Waals surface area contributed by atoms with Gasteiger partial charge in [0.2, 0.25) is 0 Å². The van der Waals surface area contributed by atoms with Crippen LogP contribution in [0.1, 0.15) is 43.9 Å². The van der Waals surface area contributed by atoms with Crippen molar-refractivity contribution in [2.24, 2.45) is 5.92 Å². The van der Waals surface area contributed by atoms with E-state index in [2.05, 4.69) is 17.2 Å². The Hall–Kier alpha value is -3.42. The average molecular weight is 437 g/mol. The summed E-state index contributed by atoms with van der Waals surface area (Å²) in [4.78, 5) is 42.6. The van der Waals surface area contributed by atoms with Gasteiger partial charge in [0.25, 0.3) is 5.91 Å². The molecule has 0 bridgehead atoms. The summed E-state index contributed by atoms with van der Waals surface area (Å²) in [6.45, 7) is 2.17. The molecule has 0 unspecified atom stereocenters. The molecule has 1 N–H and O–H groups in total. The number of hydrogen-bond donors (Lipinski definition) is 1. The van der Waals surface area contributed by atoms with Crippen molar-refractivity contribution in [1.29, 1.82) is 0 Å². The largest absolute Gasteiger partial charge is 0.487 e. The molecule has 1 saturated heterocycles. The molecule has 8 heteroatoms. The van der Waals surface area contributed by atoms with E-state index in [0.29, 0.717) is 31.1 Å². The number of imide groups is 1. The number of aromatic nitrogens is 1. The summed E-state index contributed by atoms with van der Waals surface area (Å²) >= 11 is 0. The minimum absolute atomic E-state index is 0.0473. The lowest BCUT2D eigenvalue weighted by Gasteiger charge is -2.33. The SMILES string of the molecule is CC1CCC2(CC1)NC(=O)N(CC(=O)OCc1ccc(OCc3ccccn3)cc1)C2=O. The standard InChI is InChI=1S/C24H27N3O5/c1-17-9-11-24(12-10-17)22(29)27(23(30)26-24)14-21(28)32-15-18-5-7-20(8-6-18)31-16-19-4-2-3-13-25-19/h2-8,13,17H,9-12,14-16H2,1H3,(H,26,30). The number of ether oxygens (including phenoxy) is 2. The van der Waals surface area contributed by atoms with E-state index in [1.54, 1.807) is 30.5 Å². The molecule has 0 atom stereocenters. The van der Waals surface area contributed by atoms with Crippen molar-refractivity contribution in [1.82, 2.24) is 15.2 Å². The maximum absolute atomic E-state index is 12.8. The number of rotatable bonds is 7. The van der Waals surface area contributed by atoms with Crippen LogP contribution in [0, 0.1) is 5.92 Å². The maximum Gasteiger partial charge on any atom is 0.326 e. The van der Waals surface area contributed by atoms with Gasteiger partial charge in [0.15, 0.2) is 0 Å². The topological polar surface area (TPSA) is 97.8 Å². The molecule has 1 saturated carbocycles. The summed E-state index contributed by atoms with van der Waals surface area (Å²) in [5.74, 6) is 0.277. The third kappa shape index (κ3) is 4.90. The second-order valence-electron chi connectivity index (χ2n) is 8.50. The lowest BCUT2D eigenvalue weighted by Crippen LogP contribution is -2.49. The van der Waals surface area contributed by atoms with E-state index < -0.39 is 17.5 Å². The van der Waals surface area contributed by atoms with Crippen molar-refractivity contribution in [3.8, 4) is 5.75 Å². The van der Waals surface area contributed by atoms with Crippen LogP contribution < -0.4 is 10.1 Å². The van der Waals surface area contributed by atoms with Crippen LogP contribution in [0.15, 0.2) is 48.7 Å². The summed E-state index contributed by atoms with van der Waals surface area (Å²) in [5.41, 5.74) is 0.753. The molecule has 1 aromatic carbocycles. The number of hydrogen-bond acceptors (Lipinski definition) is 6. The van der Waals surface area contributed by atoms with Crippen LogP contribution in [0.3, 0.4) is 0 Å². The first kappa shape index (κ1) is 21.8. The molecular weight excluding hydrogens is 410 g/mol. The molecule has 1 spiro atoms. The zero-order valence-electron chi connectivity index (χ0n) is 18.1. The van der Waals surface area contributed by atoms with Gasteiger partial charge in [-0.15, -0.1) is 0 Å². The van der Waals surface area contributed by atoms with Crippen molar-refractivity contribution in [3.63, 3.8) is 0 Å². The molecule has 168 valence electrons. The van der Waals surface area contributed by atoms with Crippen molar-refractivity contribution in [3.05, 3.63) is 59.9 Å². The average Bonchev–Trinajstić information content (AvgIpc) is 3.04. The zero-order valence-corrected chi connectivity index (χ0v) is 18.1. The van der Waals surface area contributed by atoms with Gasteiger partial charge in [-0.1, -0.05) is 25.1 Å². The van der Waals surface area contributed by atoms with Crippen LogP contribution in [-0.4, -0.2) is 39.9 Å². The molecular formula is C24H27N3O5. The highest BCUT2D eigenvalue weighted by Crippen LogP contribution is 2.36. The van der Waals surface area contributed by atoms with E-state index in [1.807, 2.05) is 18.2 Å². The predicted octanol–water partition coefficient (Wildman–Crippen LogP) is 3.20. The third-order valence-corrected chi connectivity index (χ3v) is 6.10. The van der Waals surface area contributed by atoms with Gasteiger partial charge in [0.1, 0.15) is 31.0 Å². The zero-order chi connectivity index (χ0) is 22.6. The van der Waals surface area contributed by atoms with Gasteiger partial charge in [0.05, 0.1) is 5.69 Å². The van der Waals surface area contributed by atoms with E-state index in [1.165, 1.54) is 0 Å². The summed E-state index contributed by atoms with van der Waals surface area (Å²) in [6.07, 6.45) is 4.70. The van der Waals surface area contributed by atoms with Crippen molar-refractivity contribution in [2.75, 3.05) is 6.54 Å². The monoisotopic (exact) mass is 437 g/mol. The fourth-order valence-corrected chi connectivity index (χ4v) is 4.07. The highest BCUT2D eigenvalue weighted by atomic mass is 16.5. The Morgan fingerprint density at radius 3 is 2.56 bits per heavy atom. The van der Waals surface area contributed by atoms with E-state index in [0.717, 1.165) is 29.0 Å². The lowest BCUT2D eigenvalue weighted by molar-refractivity contribution is -0.149. The van der Waals surface area contributed by atoms with Crippen LogP contribution in [0.25, 0.3) is 0 Å². The van der Waals surface area contributed by atoms with Crippen molar-refractivity contribution >= 4 is 17.9 Å². The van der Waals surface area contributed by atoms with Gasteiger partial charge in [-0.25, -0.2) is 4.79 Å². The molecule has 2 fully saturated rings. The number of amides is 3. The predicted molar refractivity (Wildman–Crippen MR) is 115 cm³/mol.